The summed E-state index contributed by atoms with van der Waals surface area (Å²) in [5, 5.41) is 0.773. The summed E-state index contributed by atoms with van der Waals surface area (Å²) in [6, 6.07) is 18.8. The topological polar surface area (TPSA) is 72.0 Å². The van der Waals surface area contributed by atoms with Crippen molar-refractivity contribution in [2.24, 2.45) is 0 Å². The number of nitrogens with zero attached hydrogens (tertiary/aromatic N) is 3. The molecule has 3 saturated heterocycles. The van der Waals surface area contributed by atoms with Crippen LogP contribution in [0.1, 0.15) is 34.8 Å². The molecular weight excluding hydrogens is 406 g/mol. The van der Waals surface area contributed by atoms with E-state index >= 15 is 0 Å². The maximum atomic E-state index is 13.8. The van der Waals surface area contributed by atoms with Crippen molar-refractivity contribution in [3.8, 4) is 5.88 Å². The number of para-hydroxylation sites is 1. The lowest BCUT2D eigenvalue weighted by molar-refractivity contribution is -0.138. The lowest BCUT2D eigenvalue weighted by Gasteiger charge is -2.33. The van der Waals surface area contributed by atoms with E-state index in [9.17, 15) is 9.59 Å². The molecule has 0 unspecified atom stereocenters. The van der Waals surface area contributed by atoms with Crippen LogP contribution in [0.25, 0.3) is 10.9 Å². The third-order valence-electron chi connectivity index (χ3n) is 7.03. The number of hydrogen-bond donors (Lipinski definition) is 0. The van der Waals surface area contributed by atoms with Gasteiger partial charge >= 0.3 is 0 Å². The number of rotatable bonds is 3. The monoisotopic (exact) mass is 429 g/mol. The maximum absolute atomic E-state index is 13.8. The molecule has 0 N–H and O–H groups in total. The van der Waals surface area contributed by atoms with Gasteiger partial charge in [-0.1, -0.05) is 48.5 Å². The number of carbonyl (C=O) groups is 2. The fourth-order valence-corrected chi connectivity index (χ4v) is 5.60. The first-order valence-corrected chi connectivity index (χ1v) is 10.9. The normalized spacial score (nSPS) is 26.5. The highest BCUT2D eigenvalue weighted by Crippen LogP contribution is 2.51. The molecular formula is C25H23N3O4. The van der Waals surface area contributed by atoms with Gasteiger partial charge in [0.1, 0.15) is 0 Å². The van der Waals surface area contributed by atoms with Crippen molar-refractivity contribution in [1.82, 2.24) is 14.8 Å². The first-order valence-electron chi connectivity index (χ1n) is 10.9. The van der Waals surface area contributed by atoms with Gasteiger partial charge in [0.25, 0.3) is 5.91 Å². The number of likely N-dealkylation sites (tertiary alicyclic amines) is 1. The minimum absolute atomic E-state index is 0.0380. The summed E-state index contributed by atoms with van der Waals surface area (Å²) in [7, 11) is 1.54. The summed E-state index contributed by atoms with van der Waals surface area (Å²) in [6.07, 6.45) is 0.883. The van der Waals surface area contributed by atoms with Gasteiger partial charge in [-0.15, -0.1) is 0 Å². The number of hydrogen-bond acceptors (Lipinski definition) is 5. The van der Waals surface area contributed by atoms with Gasteiger partial charge in [-0.25, -0.2) is 4.98 Å². The molecule has 32 heavy (non-hydrogen) atoms. The molecule has 1 aromatic heterocycles. The first kappa shape index (κ1) is 19.3. The number of ether oxygens (including phenoxy) is 2. The zero-order valence-corrected chi connectivity index (χ0v) is 17.7. The minimum atomic E-state index is -0.750. The summed E-state index contributed by atoms with van der Waals surface area (Å²) in [5.41, 5.74) is 1.55. The lowest BCUT2D eigenvalue weighted by Crippen LogP contribution is -2.49. The van der Waals surface area contributed by atoms with Crippen LogP contribution < -0.4 is 4.74 Å². The Hall–Kier alpha value is -3.45. The van der Waals surface area contributed by atoms with Crippen LogP contribution in [0.2, 0.25) is 0 Å². The molecule has 2 amide bonds. The van der Waals surface area contributed by atoms with Crippen molar-refractivity contribution in [2.75, 3.05) is 20.3 Å². The SMILES string of the molecule is COc1cc(C(=O)N2CC[C@@]34OC[C@@H](c5ccccc5)N3C(=O)C[C@@H]24)c2ccccc2n1. The summed E-state index contributed by atoms with van der Waals surface area (Å²) in [5.74, 6) is 0.313. The van der Waals surface area contributed by atoms with Crippen LogP contribution >= 0.6 is 0 Å². The molecule has 0 bridgehead atoms. The predicted octanol–water partition coefficient (Wildman–Crippen LogP) is 3.16. The molecule has 4 heterocycles. The highest BCUT2D eigenvalue weighted by molar-refractivity contribution is 6.07. The van der Waals surface area contributed by atoms with E-state index in [2.05, 4.69) is 4.98 Å². The van der Waals surface area contributed by atoms with Gasteiger partial charge in [0.05, 0.1) is 43.3 Å². The second-order valence-electron chi connectivity index (χ2n) is 8.54. The van der Waals surface area contributed by atoms with Gasteiger partial charge < -0.3 is 19.3 Å². The molecule has 3 fully saturated rings. The zero-order chi connectivity index (χ0) is 21.9. The number of carbonyl (C=O) groups excluding carboxylic acids is 2. The number of methoxy groups -OCH3 is 1. The van der Waals surface area contributed by atoms with E-state index < -0.39 is 5.72 Å². The summed E-state index contributed by atoms with van der Waals surface area (Å²) >= 11 is 0. The molecule has 162 valence electrons. The average molecular weight is 429 g/mol. The maximum Gasteiger partial charge on any atom is 0.255 e. The Morgan fingerprint density at radius 3 is 2.75 bits per heavy atom. The number of aromatic nitrogens is 1. The molecule has 3 atom stereocenters. The van der Waals surface area contributed by atoms with E-state index in [0.29, 0.717) is 36.5 Å². The fourth-order valence-electron chi connectivity index (χ4n) is 5.60. The number of amides is 2. The molecule has 0 aliphatic carbocycles. The third-order valence-corrected chi connectivity index (χ3v) is 7.03. The molecule has 6 rings (SSSR count). The van der Waals surface area contributed by atoms with Gasteiger partial charge in [0, 0.05) is 24.4 Å². The van der Waals surface area contributed by atoms with Gasteiger partial charge in [0.2, 0.25) is 11.8 Å². The molecule has 0 saturated carbocycles. The Morgan fingerprint density at radius 2 is 1.94 bits per heavy atom. The Labute approximate surface area is 185 Å². The van der Waals surface area contributed by atoms with E-state index in [1.807, 2.05) is 64.4 Å². The van der Waals surface area contributed by atoms with Crippen molar-refractivity contribution in [2.45, 2.75) is 30.7 Å². The molecule has 3 aliphatic heterocycles. The van der Waals surface area contributed by atoms with Crippen molar-refractivity contribution in [1.29, 1.82) is 0 Å². The predicted molar refractivity (Wildman–Crippen MR) is 117 cm³/mol. The average Bonchev–Trinajstić information content (AvgIpc) is 3.47. The van der Waals surface area contributed by atoms with Crippen LogP contribution in [-0.2, 0) is 9.53 Å². The lowest BCUT2D eigenvalue weighted by atomic mass is 10.0. The van der Waals surface area contributed by atoms with E-state index in [-0.39, 0.29) is 30.3 Å². The second-order valence-corrected chi connectivity index (χ2v) is 8.54. The largest absolute Gasteiger partial charge is 0.481 e. The van der Waals surface area contributed by atoms with Crippen LogP contribution in [0, 0.1) is 0 Å². The molecule has 2 aromatic carbocycles. The quantitative estimate of drug-likeness (QED) is 0.640. The standard InChI is InChI=1S/C25H23N3O4/c1-31-22-13-18(17-9-5-6-10-19(17)26-22)24(30)27-12-11-25-21(27)14-23(29)28(25)20(15-32-25)16-7-3-2-4-8-16/h2-10,13,20-21H,11-12,14-15H2,1H3/t20-,21+,25-/m0/s1. The van der Waals surface area contributed by atoms with Crippen LogP contribution in [0.3, 0.4) is 0 Å². The number of fused-ring (bicyclic) bond motifs is 1. The highest BCUT2D eigenvalue weighted by Gasteiger charge is 2.65. The minimum Gasteiger partial charge on any atom is -0.481 e. The molecule has 3 aliphatic rings. The van der Waals surface area contributed by atoms with E-state index in [1.54, 1.807) is 13.2 Å². The van der Waals surface area contributed by atoms with Crippen LogP contribution in [0.4, 0.5) is 0 Å². The Kier molecular flexibility index (Phi) is 4.23. The van der Waals surface area contributed by atoms with Crippen LogP contribution in [0.15, 0.2) is 60.7 Å². The highest BCUT2D eigenvalue weighted by atomic mass is 16.5. The zero-order valence-electron chi connectivity index (χ0n) is 17.7. The van der Waals surface area contributed by atoms with Gasteiger partial charge in [-0.05, 0) is 11.6 Å². The van der Waals surface area contributed by atoms with E-state index in [0.717, 1.165) is 10.9 Å². The van der Waals surface area contributed by atoms with Crippen LogP contribution in [-0.4, -0.2) is 58.6 Å². The fraction of sp³-hybridized carbons (Fsp3) is 0.320. The Morgan fingerprint density at radius 1 is 1.16 bits per heavy atom. The van der Waals surface area contributed by atoms with Crippen molar-refractivity contribution < 1.29 is 19.1 Å². The molecule has 3 aromatic rings. The van der Waals surface area contributed by atoms with E-state index in [1.165, 1.54) is 0 Å². The summed E-state index contributed by atoms with van der Waals surface area (Å²) < 4.78 is 11.7. The third kappa shape index (κ3) is 2.61. The second kappa shape index (κ2) is 7.03. The summed E-state index contributed by atoms with van der Waals surface area (Å²) in [4.78, 5) is 35.1. The smallest absolute Gasteiger partial charge is 0.255 e. The van der Waals surface area contributed by atoms with Gasteiger partial charge in [0.15, 0.2) is 5.72 Å². The molecule has 0 radical (unpaired) electrons. The Bertz CT molecular complexity index is 1230. The van der Waals surface area contributed by atoms with Crippen molar-refractivity contribution in [3.05, 3.63) is 71.8 Å². The van der Waals surface area contributed by atoms with Crippen molar-refractivity contribution in [3.63, 3.8) is 0 Å². The summed E-state index contributed by atoms with van der Waals surface area (Å²) in [6.45, 7) is 0.980. The van der Waals surface area contributed by atoms with E-state index in [4.69, 9.17) is 9.47 Å². The van der Waals surface area contributed by atoms with Crippen LogP contribution in [0.5, 0.6) is 5.88 Å². The van der Waals surface area contributed by atoms with Gasteiger partial charge in [-0.3, -0.25) is 9.59 Å². The number of pyridine rings is 1. The molecule has 7 nitrogen and oxygen atoms in total. The van der Waals surface area contributed by atoms with Gasteiger partial charge in [-0.2, -0.15) is 0 Å². The number of benzene rings is 2. The molecule has 7 heteroatoms. The molecule has 1 spiro atoms. The first-order chi connectivity index (χ1) is 15.6. The Balaban J connectivity index is 1.37. The van der Waals surface area contributed by atoms with Crippen molar-refractivity contribution >= 4 is 22.7 Å².